The number of aryl methyl sites for hydroxylation is 1. The molecule has 0 bridgehead atoms. The van der Waals surface area contributed by atoms with Gasteiger partial charge < -0.3 is 15.5 Å². The van der Waals surface area contributed by atoms with E-state index in [1.807, 2.05) is 37.6 Å². The van der Waals surface area contributed by atoms with Crippen LogP contribution in [0.2, 0.25) is 0 Å². The molecule has 3 rings (SSSR count). The molecular formula is C19H29Cl2N5O. The lowest BCUT2D eigenvalue weighted by Gasteiger charge is -2.24. The van der Waals surface area contributed by atoms with Gasteiger partial charge in [-0.25, -0.2) is 0 Å². The molecular weight excluding hydrogens is 385 g/mol. The predicted octanol–water partition coefficient (Wildman–Crippen LogP) is 3.05. The van der Waals surface area contributed by atoms with Crippen LogP contribution in [0, 0.1) is 5.92 Å². The Labute approximate surface area is 173 Å². The maximum Gasteiger partial charge on any atom is 0.229 e. The molecule has 0 radical (unpaired) electrons. The number of carbonyl (C=O) groups is 1. The predicted molar refractivity (Wildman–Crippen MR) is 115 cm³/mol. The summed E-state index contributed by atoms with van der Waals surface area (Å²) in [6, 6.07) is 8.41. The number of benzene rings is 1. The van der Waals surface area contributed by atoms with Crippen molar-refractivity contribution < 1.29 is 4.79 Å². The number of nitrogens with zero attached hydrogens (tertiary/aromatic N) is 3. The maximum atomic E-state index is 12.8. The van der Waals surface area contributed by atoms with Gasteiger partial charge in [0.2, 0.25) is 5.91 Å². The Balaban J connectivity index is 0.00000182. The maximum absolute atomic E-state index is 12.8. The molecule has 2 N–H and O–H groups in total. The number of nitrogens with one attached hydrogen (secondary N) is 2. The van der Waals surface area contributed by atoms with Gasteiger partial charge in [0.05, 0.1) is 12.1 Å². The summed E-state index contributed by atoms with van der Waals surface area (Å²) in [6.45, 7) is 5.79. The molecule has 6 nitrogen and oxygen atoms in total. The van der Waals surface area contributed by atoms with Gasteiger partial charge >= 0.3 is 0 Å². The van der Waals surface area contributed by atoms with Crippen molar-refractivity contribution in [2.45, 2.75) is 25.8 Å². The minimum Gasteiger partial charge on any atom is -0.372 e. The summed E-state index contributed by atoms with van der Waals surface area (Å²) >= 11 is 0. The first-order valence-corrected chi connectivity index (χ1v) is 8.78. The molecule has 0 unspecified atom stereocenters. The highest BCUT2D eigenvalue weighted by Gasteiger charge is 2.34. The minimum absolute atomic E-state index is 0. The lowest BCUT2D eigenvalue weighted by molar-refractivity contribution is -0.119. The number of hydrogen-bond donors (Lipinski definition) is 2. The van der Waals surface area contributed by atoms with Gasteiger partial charge in [0.25, 0.3) is 0 Å². The normalized spacial score (nSPS) is 18.6. The van der Waals surface area contributed by atoms with Crippen LogP contribution in [0.25, 0.3) is 0 Å². The smallest absolute Gasteiger partial charge is 0.229 e. The Morgan fingerprint density at radius 2 is 2.07 bits per heavy atom. The van der Waals surface area contributed by atoms with Crippen LogP contribution in [-0.2, 0) is 11.8 Å². The van der Waals surface area contributed by atoms with Gasteiger partial charge in [-0.3, -0.25) is 9.48 Å². The molecule has 2 atom stereocenters. The molecule has 1 aromatic carbocycles. The van der Waals surface area contributed by atoms with E-state index in [1.165, 1.54) is 0 Å². The van der Waals surface area contributed by atoms with Gasteiger partial charge in [-0.05, 0) is 37.6 Å². The largest absolute Gasteiger partial charge is 0.372 e. The summed E-state index contributed by atoms with van der Waals surface area (Å²) in [5.74, 6) is 0.133. The Morgan fingerprint density at radius 1 is 1.33 bits per heavy atom. The fourth-order valence-electron chi connectivity index (χ4n) is 3.27. The van der Waals surface area contributed by atoms with E-state index >= 15 is 0 Å². The molecule has 1 amide bonds. The molecule has 1 fully saturated rings. The summed E-state index contributed by atoms with van der Waals surface area (Å²) < 4.78 is 1.79. The summed E-state index contributed by atoms with van der Waals surface area (Å²) in [4.78, 5) is 15.0. The van der Waals surface area contributed by atoms with Gasteiger partial charge in [0.1, 0.15) is 0 Å². The van der Waals surface area contributed by atoms with Gasteiger partial charge in [-0.2, -0.15) is 5.10 Å². The summed E-state index contributed by atoms with van der Waals surface area (Å²) in [5, 5.41) is 10.7. The first-order valence-electron chi connectivity index (χ1n) is 8.78. The zero-order valence-corrected chi connectivity index (χ0v) is 17.8. The van der Waals surface area contributed by atoms with Crippen molar-refractivity contribution in [2.24, 2.45) is 13.0 Å². The van der Waals surface area contributed by atoms with Gasteiger partial charge in [-0.1, -0.05) is 6.07 Å². The first-order chi connectivity index (χ1) is 12.0. The third-order valence-corrected chi connectivity index (χ3v) is 5.00. The van der Waals surface area contributed by atoms with E-state index in [4.69, 9.17) is 0 Å². The minimum atomic E-state index is -0.0873. The number of aromatic nitrogens is 2. The Kier molecular flexibility index (Phi) is 8.59. The summed E-state index contributed by atoms with van der Waals surface area (Å²) in [7, 11) is 3.96. The van der Waals surface area contributed by atoms with Crippen molar-refractivity contribution in [1.82, 2.24) is 15.1 Å². The monoisotopic (exact) mass is 413 g/mol. The van der Waals surface area contributed by atoms with Crippen LogP contribution in [0.1, 0.15) is 25.3 Å². The lowest BCUT2D eigenvalue weighted by Crippen LogP contribution is -2.28. The second-order valence-corrected chi connectivity index (χ2v) is 7.06. The van der Waals surface area contributed by atoms with Crippen molar-refractivity contribution in [3.05, 3.63) is 42.2 Å². The van der Waals surface area contributed by atoms with Crippen molar-refractivity contribution >= 4 is 42.1 Å². The van der Waals surface area contributed by atoms with Crippen LogP contribution in [-0.4, -0.2) is 41.9 Å². The molecule has 27 heavy (non-hydrogen) atoms. The Morgan fingerprint density at radius 3 is 2.70 bits per heavy atom. The highest BCUT2D eigenvalue weighted by atomic mass is 35.5. The first kappa shape index (κ1) is 23.3. The van der Waals surface area contributed by atoms with Crippen LogP contribution in [0.3, 0.4) is 0 Å². The SMILES string of the molecule is CC(C)N(C)c1cccc(NC(=O)[C@H]2CNC[C@@H]2c2cnn(C)c2)c1.Cl.Cl. The van der Waals surface area contributed by atoms with E-state index in [0.717, 1.165) is 23.5 Å². The van der Waals surface area contributed by atoms with E-state index in [-0.39, 0.29) is 42.6 Å². The van der Waals surface area contributed by atoms with E-state index in [2.05, 4.69) is 47.6 Å². The average molecular weight is 414 g/mol. The van der Waals surface area contributed by atoms with E-state index in [0.29, 0.717) is 12.6 Å². The van der Waals surface area contributed by atoms with Crippen molar-refractivity contribution in [3.63, 3.8) is 0 Å². The van der Waals surface area contributed by atoms with Crippen molar-refractivity contribution in [1.29, 1.82) is 0 Å². The molecule has 150 valence electrons. The van der Waals surface area contributed by atoms with E-state index in [9.17, 15) is 4.79 Å². The third kappa shape index (κ3) is 5.37. The fraction of sp³-hybridized carbons (Fsp3) is 0.474. The van der Waals surface area contributed by atoms with Gasteiger partial charge in [0.15, 0.2) is 0 Å². The zero-order chi connectivity index (χ0) is 18.0. The molecule has 0 saturated carbocycles. The highest BCUT2D eigenvalue weighted by Crippen LogP contribution is 2.29. The number of halogens is 2. The second-order valence-electron chi connectivity index (χ2n) is 7.06. The Bertz CT molecular complexity index is 749. The van der Waals surface area contributed by atoms with E-state index < -0.39 is 0 Å². The zero-order valence-electron chi connectivity index (χ0n) is 16.2. The third-order valence-electron chi connectivity index (χ3n) is 5.00. The summed E-state index contributed by atoms with van der Waals surface area (Å²) in [6.07, 6.45) is 3.85. The standard InChI is InChI=1S/C19H27N5O.2ClH/c1-13(2)24(4)16-7-5-6-15(8-16)22-19(25)18-11-20-10-17(18)14-9-21-23(3)12-14;;/h5-9,12-13,17-18,20H,10-11H2,1-4H3,(H,22,25);2*1H/t17-,18+;;/m1../s1. The van der Waals surface area contributed by atoms with Gasteiger partial charge in [0, 0.05) is 56.7 Å². The lowest BCUT2D eigenvalue weighted by atomic mass is 9.90. The topological polar surface area (TPSA) is 62.2 Å². The molecule has 0 spiro atoms. The molecule has 2 aromatic rings. The van der Waals surface area contributed by atoms with Crippen LogP contribution in [0.15, 0.2) is 36.7 Å². The second kappa shape index (κ2) is 9.97. The number of rotatable bonds is 5. The number of amides is 1. The highest BCUT2D eigenvalue weighted by molar-refractivity contribution is 5.94. The van der Waals surface area contributed by atoms with Crippen LogP contribution < -0.4 is 15.5 Å². The number of hydrogen-bond acceptors (Lipinski definition) is 4. The molecule has 1 aromatic heterocycles. The van der Waals surface area contributed by atoms with Crippen LogP contribution in [0.4, 0.5) is 11.4 Å². The molecule has 8 heteroatoms. The molecule has 0 aliphatic carbocycles. The van der Waals surface area contributed by atoms with Gasteiger partial charge in [-0.15, -0.1) is 24.8 Å². The number of carbonyl (C=O) groups excluding carboxylic acids is 1. The quantitative estimate of drug-likeness (QED) is 0.790. The Hall–Kier alpha value is -1.76. The van der Waals surface area contributed by atoms with Crippen LogP contribution >= 0.6 is 24.8 Å². The van der Waals surface area contributed by atoms with Crippen LogP contribution in [0.5, 0.6) is 0 Å². The molecule has 1 saturated heterocycles. The van der Waals surface area contributed by atoms with Crippen molar-refractivity contribution in [3.8, 4) is 0 Å². The number of anilines is 2. The molecule has 1 aliphatic rings. The molecule has 1 aliphatic heterocycles. The van der Waals surface area contributed by atoms with Crippen molar-refractivity contribution in [2.75, 3.05) is 30.4 Å². The average Bonchev–Trinajstić information content (AvgIpc) is 3.22. The summed E-state index contributed by atoms with van der Waals surface area (Å²) in [5.41, 5.74) is 3.05. The molecule has 2 heterocycles. The van der Waals surface area contributed by atoms with E-state index in [1.54, 1.807) is 4.68 Å². The fourth-order valence-corrected chi connectivity index (χ4v) is 3.27.